The Kier molecular flexibility index (Phi) is 3.78. The van der Waals surface area contributed by atoms with Crippen molar-refractivity contribution in [3.05, 3.63) is 12.5 Å². The quantitative estimate of drug-likeness (QED) is 0.843. The fourth-order valence-corrected chi connectivity index (χ4v) is 2.57. The fourth-order valence-electron chi connectivity index (χ4n) is 2.57. The monoisotopic (exact) mass is 235 g/mol. The Morgan fingerprint density at radius 3 is 3.12 bits per heavy atom. The summed E-state index contributed by atoms with van der Waals surface area (Å²) in [6, 6.07) is 0.624. The normalized spacial score (nSPS) is 20.7. The number of hydrogen-bond donors (Lipinski definition) is 1. The molecule has 1 aliphatic heterocycles. The molecule has 1 fully saturated rings. The second-order valence-electron chi connectivity index (χ2n) is 4.61. The molecule has 0 radical (unpaired) electrons. The van der Waals surface area contributed by atoms with Gasteiger partial charge in [0.05, 0.1) is 11.9 Å². The standard InChI is InChI=1S/C12H21N5/c1-3-17-6-4-5-10(17)8-16(2)12-11(13)7-14-9-15-12/h7,9-10H,3-6,8,13H2,1-2H3. The van der Waals surface area contributed by atoms with Crippen molar-refractivity contribution in [3.8, 4) is 0 Å². The van der Waals surface area contributed by atoms with Crippen molar-refractivity contribution in [2.24, 2.45) is 0 Å². The Morgan fingerprint density at radius 2 is 2.41 bits per heavy atom. The zero-order valence-corrected chi connectivity index (χ0v) is 10.6. The van der Waals surface area contributed by atoms with Crippen molar-refractivity contribution >= 4 is 11.5 Å². The maximum Gasteiger partial charge on any atom is 0.155 e. The van der Waals surface area contributed by atoms with Gasteiger partial charge in [0, 0.05) is 19.6 Å². The van der Waals surface area contributed by atoms with Crippen LogP contribution >= 0.6 is 0 Å². The van der Waals surface area contributed by atoms with Crippen molar-refractivity contribution in [2.45, 2.75) is 25.8 Å². The number of aromatic nitrogens is 2. The average molecular weight is 235 g/mol. The van der Waals surface area contributed by atoms with Crippen LogP contribution in [0.5, 0.6) is 0 Å². The fraction of sp³-hybridized carbons (Fsp3) is 0.667. The molecule has 94 valence electrons. The van der Waals surface area contributed by atoms with Gasteiger partial charge in [0.2, 0.25) is 0 Å². The van der Waals surface area contributed by atoms with Crippen LogP contribution in [0.2, 0.25) is 0 Å². The second-order valence-corrected chi connectivity index (χ2v) is 4.61. The van der Waals surface area contributed by atoms with E-state index in [4.69, 9.17) is 5.73 Å². The van der Waals surface area contributed by atoms with E-state index in [1.54, 1.807) is 12.5 Å². The van der Waals surface area contributed by atoms with Crippen molar-refractivity contribution in [1.82, 2.24) is 14.9 Å². The molecule has 5 heteroatoms. The molecule has 1 aromatic rings. The molecule has 2 N–H and O–H groups in total. The van der Waals surface area contributed by atoms with Gasteiger partial charge in [-0.3, -0.25) is 4.90 Å². The first-order valence-electron chi connectivity index (χ1n) is 6.23. The Bertz CT molecular complexity index is 368. The molecule has 0 aromatic carbocycles. The van der Waals surface area contributed by atoms with Gasteiger partial charge < -0.3 is 10.6 Å². The van der Waals surface area contributed by atoms with Gasteiger partial charge in [-0.25, -0.2) is 9.97 Å². The average Bonchev–Trinajstić information content (AvgIpc) is 2.76. The third-order valence-corrected chi connectivity index (χ3v) is 3.47. The zero-order valence-electron chi connectivity index (χ0n) is 10.6. The summed E-state index contributed by atoms with van der Waals surface area (Å²) in [6.07, 6.45) is 5.77. The number of likely N-dealkylation sites (N-methyl/N-ethyl adjacent to an activating group) is 2. The molecule has 0 aliphatic carbocycles. The Morgan fingerprint density at radius 1 is 1.59 bits per heavy atom. The minimum Gasteiger partial charge on any atom is -0.394 e. The topological polar surface area (TPSA) is 58.3 Å². The van der Waals surface area contributed by atoms with Crippen LogP contribution in [0.4, 0.5) is 11.5 Å². The van der Waals surface area contributed by atoms with Crippen LogP contribution in [0.3, 0.4) is 0 Å². The summed E-state index contributed by atoms with van der Waals surface area (Å²) in [5.74, 6) is 0.836. The highest BCUT2D eigenvalue weighted by Crippen LogP contribution is 2.21. The Balaban J connectivity index is 2.01. The van der Waals surface area contributed by atoms with E-state index in [0.717, 1.165) is 18.9 Å². The third kappa shape index (κ3) is 2.66. The van der Waals surface area contributed by atoms with E-state index in [0.29, 0.717) is 11.7 Å². The van der Waals surface area contributed by atoms with Crippen LogP contribution in [0.1, 0.15) is 19.8 Å². The van der Waals surface area contributed by atoms with Gasteiger partial charge in [0.15, 0.2) is 5.82 Å². The maximum atomic E-state index is 5.88. The lowest BCUT2D eigenvalue weighted by Gasteiger charge is -2.28. The molecule has 0 bridgehead atoms. The first kappa shape index (κ1) is 12.1. The van der Waals surface area contributed by atoms with E-state index in [-0.39, 0.29) is 0 Å². The van der Waals surface area contributed by atoms with Gasteiger partial charge in [-0.2, -0.15) is 0 Å². The summed E-state index contributed by atoms with van der Waals surface area (Å²) in [5, 5.41) is 0. The summed E-state index contributed by atoms with van der Waals surface area (Å²) in [7, 11) is 2.05. The van der Waals surface area contributed by atoms with Crippen molar-refractivity contribution < 1.29 is 0 Å². The number of nitrogen functional groups attached to an aromatic ring is 1. The minimum absolute atomic E-state index is 0.624. The van der Waals surface area contributed by atoms with Gasteiger partial charge >= 0.3 is 0 Å². The van der Waals surface area contributed by atoms with Crippen LogP contribution in [-0.2, 0) is 0 Å². The maximum absolute atomic E-state index is 5.88. The molecule has 1 saturated heterocycles. The molecule has 17 heavy (non-hydrogen) atoms. The van der Waals surface area contributed by atoms with Crippen LogP contribution in [0.25, 0.3) is 0 Å². The van der Waals surface area contributed by atoms with Gasteiger partial charge in [-0.15, -0.1) is 0 Å². The molecule has 0 saturated carbocycles. The predicted molar refractivity (Wildman–Crippen MR) is 70.0 cm³/mol. The third-order valence-electron chi connectivity index (χ3n) is 3.47. The van der Waals surface area contributed by atoms with E-state index in [1.807, 2.05) is 7.05 Å². The van der Waals surface area contributed by atoms with Crippen molar-refractivity contribution in [1.29, 1.82) is 0 Å². The number of likely N-dealkylation sites (tertiary alicyclic amines) is 1. The van der Waals surface area contributed by atoms with Crippen molar-refractivity contribution in [3.63, 3.8) is 0 Å². The van der Waals surface area contributed by atoms with Gasteiger partial charge in [-0.05, 0) is 25.9 Å². The number of nitrogens with zero attached hydrogens (tertiary/aromatic N) is 4. The number of hydrogen-bond acceptors (Lipinski definition) is 5. The lowest BCUT2D eigenvalue weighted by atomic mass is 10.2. The zero-order chi connectivity index (χ0) is 12.3. The summed E-state index contributed by atoms with van der Waals surface area (Å²) in [6.45, 7) is 5.54. The summed E-state index contributed by atoms with van der Waals surface area (Å²) >= 11 is 0. The smallest absolute Gasteiger partial charge is 0.155 e. The summed E-state index contributed by atoms with van der Waals surface area (Å²) < 4.78 is 0. The highest BCUT2D eigenvalue weighted by molar-refractivity contribution is 5.60. The van der Waals surface area contributed by atoms with Crippen LogP contribution < -0.4 is 10.6 Å². The molecule has 2 heterocycles. The molecule has 0 amide bonds. The summed E-state index contributed by atoms with van der Waals surface area (Å²) in [4.78, 5) is 12.8. The molecule has 1 unspecified atom stereocenters. The molecule has 2 rings (SSSR count). The molecule has 1 atom stereocenters. The van der Waals surface area contributed by atoms with Gasteiger partial charge in [0.25, 0.3) is 0 Å². The second kappa shape index (κ2) is 5.31. The van der Waals surface area contributed by atoms with E-state index in [2.05, 4.69) is 26.7 Å². The molecule has 0 spiro atoms. The number of nitrogens with two attached hydrogens (primary N) is 1. The highest BCUT2D eigenvalue weighted by atomic mass is 15.2. The van der Waals surface area contributed by atoms with Gasteiger partial charge in [-0.1, -0.05) is 6.92 Å². The molecule has 5 nitrogen and oxygen atoms in total. The van der Waals surface area contributed by atoms with Crippen LogP contribution in [0, 0.1) is 0 Å². The lowest BCUT2D eigenvalue weighted by Crippen LogP contribution is -2.39. The molecule has 1 aromatic heterocycles. The van der Waals surface area contributed by atoms with E-state index < -0.39 is 0 Å². The van der Waals surface area contributed by atoms with E-state index in [1.165, 1.54) is 19.4 Å². The lowest BCUT2D eigenvalue weighted by molar-refractivity contribution is 0.270. The van der Waals surface area contributed by atoms with Crippen LogP contribution in [-0.4, -0.2) is 47.6 Å². The molecular formula is C12H21N5. The Labute approximate surface area is 103 Å². The summed E-state index contributed by atoms with van der Waals surface area (Å²) in [5.41, 5.74) is 6.53. The first-order chi connectivity index (χ1) is 8.22. The predicted octanol–water partition coefficient (Wildman–Crippen LogP) is 0.979. The first-order valence-corrected chi connectivity index (χ1v) is 6.23. The number of rotatable bonds is 4. The van der Waals surface area contributed by atoms with E-state index >= 15 is 0 Å². The Hall–Kier alpha value is -1.36. The van der Waals surface area contributed by atoms with Crippen LogP contribution in [0.15, 0.2) is 12.5 Å². The highest BCUT2D eigenvalue weighted by Gasteiger charge is 2.24. The van der Waals surface area contributed by atoms with Crippen molar-refractivity contribution in [2.75, 3.05) is 37.3 Å². The number of anilines is 2. The minimum atomic E-state index is 0.624. The van der Waals surface area contributed by atoms with E-state index in [9.17, 15) is 0 Å². The molecule has 1 aliphatic rings. The molecular weight excluding hydrogens is 214 g/mol. The van der Waals surface area contributed by atoms with Gasteiger partial charge in [0.1, 0.15) is 6.33 Å². The SMILES string of the molecule is CCN1CCCC1CN(C)c1ncncc1N. The largest absolute Gasteiger partial charge is 0.394 e.